The third kappa shape index (κ3) is 5.65. The van der Waals surface area contributed by atoms with Gasteiger partial charge in [0.1, 0.15) is 6.61 Å². The lowest BCUT2D eigenvalue weighted by Crippen LogP contribution is -2.09. The van der Waals surface area contributed by atoms with Gasteiger partial charge in [0.05, 0.1) is 12.7 Å². The van der Waals surface area contributed by atoms with Gasteiger partial charge in [-0.05, 0) is 6.42 Å². The van der Waals surface area contributed by atoms with Crippen molar-refractivity contribution in [2.24, 2.45) is 0 Å². The minimum absolute atomic E-state index is 0.0280. The van der Waals surface area contributed by atoms with Crippen molar-refractivity contribution in [3.05, 3.63) is 24.3 Å². The van der Waals surface area contributed by atoms with E-state index < -0.39 is 5.97 Å². The van der Waals surface area contributed by atoms with Gasteiger partial charge < -0.3 is 9.84 Å². The summed E-state index contributed by atoms with van der Waals surface area (Å²) in [4.78, 5) is 10.9. The number of hydrogen-bond acceptors (Lipinski definition) is 4. The maximum absolute atomic E-state index is 10.9. The van der Waals surface area contributed by atoms with Crippen LogP contribution in [0.15, 0.2) is 24.3 Å². The minimum Gasteiger partial charge on any atom is -0.460 e. The molecule has 0 rings (SSSR count). The predicted molar refractivity (Wildman–Crippen MR) is 46.6 cm³/mol. The molecule has 0 aromatic carbocycles. The van der Waals surface area contributed by atoms with E-state index in [-0.39, 0.29) is 25.2 Å². The van der Waals surface area contributed by atoms with E-state index in [1.165, 1.54) is 12.2 Å². The molecule has 0 atom stereocenters. The maximum atomic E-state index is 10.9. The first-order chi connectivity index (χ1) is 6.22. The number of allylic oxidation sites excluding steroid dienone is 2. The van der Waals surface area contributed by atoms with Crippen molar-refractivity contribution < 1.29 is 14.6 Å². The molecule has 0 aliphatic rings. The first-order valence-corrected chi connectivity index (χ1v) is 3.72. The van der Waals surface area contributed by atoms with Gasteiger partial charge in [-0.1, -0.05) is 12.7 Å². The lowest BCUT2D eigenvalue weighted by Gasteiger charge is -2.02. The number of aliphatic hydroxyl groups excluding tert-OH is 1. The van der Waals surface area contributed by atoms with Gasteiger partial charge in [-0.2, -0.15) is 5.26 Å². The number of ether oxygens (including phenoxy) is 1. The van der Waals surface area contributed by atoms with Crippen LogP contribution in [0.3, 0.4) is 0 Å². The molecular weight excluding hydrogens is 170 g/mol. The van der Waals surface area contributed by atoms with Crippen LogP contribution in [-0.4, -0.2) is 24.3 Å². The van der Waals surface area contributed by atoms with Crippen LogP contribution in [0.1, 0.15) is 6.42 Å². The van der Waals surface area contributed by atoms with E-state index in [1.807, 2.05) is 0 Å². The predicted octanol–water partition coefficient (Wildman–Crippen LogP) is 0.548. The highest BCUT2D eigenvalue weighted by Crippen LogP contribution is 2.01. The van der Waals surface area contributed by atoms with Crippen LogP contribution in [0.4, 0.5) is 0 Å². The number of hydrogen-bond donors (Lipinski definition) is 1. The van der Waals surface area contributed by atoms with Crippen LogP contribution in [-0.2, 0) is 9.53 Å². The largest absolute Gasteiger partial charge is 0.460 e. The van der Waals surface area contributed by atoms with E-state index in [0.29, 0.717) is 0 Å². The minimum atomic E-state index is -0.545. The lowest BCUT2D eigenvalue weighted by atomic mass is 10.2. The third-order valence-electron chi connectivity index (χ3n) is 1.17. The Labute approximate surface area is 76.7 Å². The fourth-order valence-corrected chi connectivity index (χ4v) is 0.578. The summed E-state index contributed by atoms with van der Waals surface area (Å²) in [6.45, 7) is 3.23. The van der Waals surface area contributed by atoms with Gasteiger partial charge >= 0.3 is 5.97 Å². The van der Waals surface area contributed by atoms with Crippen molar-refractivity contribution in [3.8, 4) is 6.07 Å². The van der Waals surface area contributed by atoms with E-state index in [2.05, 4.69) is 11.3 Å². The quantitative estimate of drug-likeness (QED) is 0.382. The number of carbonyl (C=O) groups is 1. The summed E-state index contributed by atoms with van der Waals surface area (Å²) in [6, 6.07) is 1.79. The van der Waals surface area contributed by atoms with Gasteiger partial charge in [0.2, 0.25) is 0 Å². The molecule has 70 valence electrons. The van der Waals surface area contributed by atoms with E-state index in [0.717, 1.165) is 0 Å². The Kier molecular flexibility index (Phi) is 6.20. The van der Waals surface area contributed by atoms with Crippen molar-refractivity contribution in [3.63, 3.8) is 0 Å². The van der Waals surface area contributed by atoms with Crippen LogP contribution in [0.25, 0.3) is 0 Å². The zero-order valence-electron chi connectivity index (χ0n) is 7.19. The van der Waals surface area contributed by atoms with Crippen LogP contribution < -0.4 is 0 Å². The molecule has 0 spiro atoms. The van der Waals surface area contributed by atoms with Crippen molar-refractivity contribution in [1.29, 1.82) is 5.26 Å². The van der Waals surface area contributed by atoms with Gasteiger partial charge in [0.25, 0.3) is 0 Å². The highest BCUT2D eigenvalue weighted by molar-refractivity contribution is 5.87. The Morgan fingerprint density at radius 2 is 2.38 bits per heavy atom. The van der Waals surface area contributed by atoms with Crippen molar-refractivity contribution in [2.75, 3.05) is 13.2 Å². The summed E-state index contributed by atoms with van der Waals surface area (Å²) in [7, 11) is 0. The number of nitriles is 1. The molecule has 0 heterocycles. The molecule has 0 amide bonds. The second-order valence-electron chi connectivity index (χ2n) is 2.20. The average molecular weight is 181 g/mol. The van der Waals surface area contributed by atoms with E-state index in [1.54, 1.807) is 6.07 Å². The molecule has 0 radical (unpaired) electrons. The number of nitrogens with zero attached hydrogens (tertiary/aromatic N) is 1. The van der Waals surface area contributed by atoms with Gasteiger partial charge in [0.15, 0.2) is 0 Å². The van der Waals surface area contributed by atoms with E-state index in [9.17, 15) is 4.79 Å². The van der Waals surface area contributed by atoms with Crippen molar-refractivity contribution in [2.45, 2.75) is 6.42 Å². The Hall–Kier alpha value is -1.60. The smallest absolute Gasteiger partial charge is 0.333 e. The summed E-state index contributed by atoms with van der Waals surface area (Å²) in [5.74, 6) is -0.545. The standard InChI is InChI=1S/C9H11NO3/c1-8(4-2-3-5-10)9(12)13-7-6-11/h2-3,11H,1,4,6-7H2. The molecule has 0 aliphatic carbocycles. The summed E-state index contributed by atoms with van der Waals surface area (Å²) in [6.07, 6.45) is 3.07. The highest BCUT2D eigenvalue weighted by Gasteiger charge is 2.05. The fourth-order valence-electron chi connectivity index (χ4n) is 0.578. The molecule has 0 aliphatic heterocycles. The molecule has 0 saturated carbocycles. The zero-order valence-corrected chi connectivity index (χ0v) is 7.19. The van der Waals surface area contributed by atoms with Crippen LogP contribution in [0.2, 0.25) is 0 Å². The first kappa shape index (κ1) is 11.4. The third-order valence-corrected chi connectivity index (χ3v) is 1.17. The summed E-state index contributed by atoms with van der Waals surface area (Å²) in [5, 5.41) is 16.5. The van der Waals surface area contributed by atoms with Gasteiger partial charge in [-0.15, -0.1) is 0 Å². The van der Waals surface area contributed by atoms with Crippen LogP contribution >= 0.6 is 0 Å². The van der Waals surface area contributed by atoms with Crippen molar-refractivity contribution in [1.82, 2.24) is 0 Å². The van der Waals surface area contributed by atoms with Gasteiger partial charge in [0, 0.05) is 11.6 Å². The normalized spacial score (nSPS) is 9.54. The molecule has 0 unspecified atom stereocenters. The molecule has 0 aromatic rings. The lowest BCUT2D eigenvalue weighted by molar-refractivity contribution is -0.140. The second-order valence-corrected chi connectivity index (χ2v) is 2.20. The molecule has 0 saturated heterocycles. The van der Waals surface area contributed by atoms with Crippen molar-refractivity contribution >= 4 is 5.97 Å². The Bertz CT molecular complexity index is 250. The molecule has 4 nitrogen and oxygen atoms in total. The maximum Gasteiger partial charge on any atom is 0.333 e. The zero-order chi connectivity index (χ0) is 10.1. The Morgan fingerprint density at radius 3 is 2.92 bits per heavy atom. The topological polar surface area (TPSA) is 70.3 Å². The second kappa shape index (κ2) is 7.07. The summed E-state index contributed by atoms with van der Waals surface area (Å²) < 4.78 is 4.58. The molecule has 13 heavy (non-hydrogen) atoms. The van der Waals surface area contributed by atoms with Gasteiger partial charge in [-0.25, -0.2) is 4.79 Å². The number of aliphatic hydroxyl groups is 1. The molecule has 1 N–H and O–H groups in total. The number of rotatable bonds is 5. The Morgan fingerprint density at radius 1 is 1.69 bits per heavy atom. The Balaban J connectivity index is 3.78. The fraction of sp³-hybridized carbons (Fsp3) is 0.333. The van der Waals surface area contributed by atoms with Crippen LogP contribution in [0, 0.1) is 11.3 Å². The summed E-state index contributed by atoms with van der Waals surface area (Å²) >= 11 is 0. The van der Waals surface area contributed by atoms with Gasteiger partial charge in [-0.3, -0.25) is 0 Å². The summed E-state index contributed by atoms with van der Waals surface area (Å²) in [5.41, 5.74) is 0.264. The first-order valence-electron chi connectivity index (χ1n) is 3.72. The van der Waals surface area contributed by atoms with E-state index >= 15 is 0 Å². The molecule has 4 heteroatoms. The molecule has 0 fully saturated rings. The van der Waals surface area contributed by atoms with Crippen LogP contribution in [0.5, 0.6) is 0 Å². The molecule has 0 aromatic heterocycles. The SMILES string of the molecule is C=C(CC=CC#N)C(=O)OCCO. The number of carbonyl (C=O) groups excluding carboxylic acids is 1. The average Bonchev–Trinajstić information content (AvgIpc) is 2.14. The molecular formula is C9H11NO3. The number of esters is 1. The monoisotopic (exact) mass is 181 g/mol. The molecule has 0 bridgehead atoms. The highest BCUT2D eigenvalue weighted by atomic mass is 16.5. The van der Waals surface area contributed by atoms with E-state index in [4.69, 9.17) is 10.4 Å².